The molecule has 0 aromatic carbocycles. The van der Waals surface area contributed by atoms with E-state index in [1.807, 2.05) is 0 Å². The predicted molar refractivity (Wildman–Crippen MR) is 61.4 cm³/mol. The normalized spacial score (nSPS) is 18.8. The van der Waals surface area contributed by atoms with E-state index in [2.05, 4.69) is 9.98 Å². The second-order valence-corrected chi connectivity index (χ2v) is 4.87. The molecule has 0 aliphatic heterocycles. The van der Waals surface area contributed by atoms with Crippen LogP contribution >= 0.6 is 0 Å². The number of halogens is 4. The van der Waals surface area contributed by atoms with Gasteiger partial charge in [0.1, 0.15) is 18.5 Å². The quantitative estimate of drug-likeness (QED) is 0.429. The minimum absolute atomic E-state index is 0.223. The van der Waals surface area contributed by atoms with Gasteiger partial charge in [-0.3, -0.25) is 0 Å². The highest BCUT2D eigenvalue weighted by Gasteiger charge is 2.67. The van der Waals surface area contributed by atoms with Gasteiger partial charge in [-0.25, -0.2) is 27.2 Å². The fraction of sp³-hybridized carbons (Fsp3) is 0.833. The average molecular weight is 294 g/mol. The van der Waals surface area contributed by atoms with Gasteiger partial charge in [0.15, 0.2) is 0 Å². The standard InChI is InChI=1S/C12H14F4N2O2/c13-11(14,6-17-8-19)10(4-2-1-3-5-10)12(15,16)7-18-9-20/h1-7H2. The Morgan fingerprint density at radius 3 is 1.60 bits per heavy atom. The van der Waals surface area contributed by atoms with Gasteiger partial charge in [-0.05, 0) is 12.8 Å². The molecule has 0 amide bonds. The number of isocyanates is 2. The first-order valence-corrected chi connectivity index (χ1v) is 6.16. The number of hydrogen-bond acceptors (Lipinski definition) is 4. The zero-order valence-corrected chi connectivity index (χ0v) is 10.7. The van der Waals surface area contributed by atoms with Crippen LogP contribution in [-0.2, 0) is 9.59 Å². The van der Waals surface area contributed by atoms with Crippen molar-refractivity contribution in [3.05, 3.63) is 0 Å². The van der Waals surface area contributed by atoms with Gasteiger partial charge >= 0.3 is 0 Å². The number of hydrogen-bond donors (Lipinski definition) is 0. The van der Waals surface area contributed by atoms with Crippen molar-refractivity contribution in [2.24, 2.45) is 15.4 Å². The maximum Gasteiger partial charge on any atom is 0.279 e. The lowest BCUT2D eigenvalue weighted by molar-refractivity contribution is -0.244. The number of nitrogens with zero attached hydrogens (tertiary/aromatic N) is 2. The van der Waals surface area contributed by atoms with E-state index in [4.69, 9.17) is 0 Å². The summed E-state index contributed by atoms with van der Waals surface area (Å²) in [6.45, 7) is -2.67. The molecule has 112 valence electrons. The molecule has 1 aliphatic carbocycles. The first-order chi connectivity index (χ1) is 9.33. The Labute approximate surface area is 113 Å². The summed E-state index contributed by atoms with van der Waals surface area (Å²) in [6, 6.07) is 0. The van der Waals surface area contributed by atoms with Crippen LogP contribution in [0, 0.1) is 5.41 Å². The molecule has 8 heteroatoms. The second kappa shape index (κ2) is 6.29. The first kappa shape index (κ1) is 16.5. The molecule has 0 heterocycles. The zero-order chi connectivity index (χ0) is 15.3. The van der Waals surface area contributed by atoms with E-state index in [-0.39, 0.29) is 12.8 Å². The van der Waals surface area contributed by atoms with Gasteiger partial charge in [-0.1, -0.05) is 19.3 Å². The van der Waals surface area contributed by atoms with Gasteiger partial charge in [0, 0.05) is 0 Å². The van der Waals surface area contributed by atoms with Crippen LogP contribution in [0.2, 0.25) is 0 Å². The SMILES string of the molecule is O=C=NCC(F)(F)C1(C(F)(F)CN=C=O)CCCCC1. The molecule has 1 aliphatic rings. The van der Waals surface area contributed by atoms with Crippen LogP contribution in [0.15, 0.2) is 9.98 Å². The van der Waals surface area contributed by atoms with E-state index in [0.717, 1.165) is 12.2 Å². The molecule has 1 saturated carbocycles. The first-order valence-electron chi connectivity index (χ1n) is 6.16. The molecule has 0 aromatic heterocycles. The van der Waals surface area contributed by atoms with Gasteiger partial charge in [-0.15, -0.1) is 0 Å². The van der Waals surface area contributed by atoms with E-state index in [1.54, 1.807) is 0 Å². The lowest BCUT2D eigenvalue weighted by atomic mass is 9.65. The Balaban J connectivity index is 3.20. The molecule has 1 rings (SSSR count). The summed E-state index contributed by atoms with van der Waals surface area (Å²) in [4.78, 5) is 25.5. The van der Waals surface area contributed by atoms with Gasteiger partial charge < -0.3 is 0 Å². The molecule has 0 unspecified atom stereocenters. The highest BCUT2D eigenvalue weighted by atomic mass is 19.3. The van der Waals surface area contributed by atoms with Crippen molar-refractivity contribution in [2.75, 3.05) is 13.1 Å². The van der Waals surface area contributed by atoms with Crippen molar-refractivity contribution in [1.29, 1.82) is 0 Å². The molecule has 4 nitrogen and oxygen atoms in total. The van der Waals surface area contributed by atoms with E-state index in [0.29, 0.717) is 6.42 Å². The number of aliphatic imine (C=N–C) groups is 2. The van der Waals surface area contributed by atoms with Crippen LogP contribution in [-0.4, -0.2) is 37.1 Å². The monoisotopic (exact) mass is 294 g/mol. The summed E-state index contributed by atoms with van der Waals surface area (Å²) in [5, 5.41) is 0. The van der Waals surface area contributed by atoms with E-state index in [1.165, 1.54) is 0 Å². The molecule has 0 atom stereocenters. The minimum atomic E-state index is -3.87. The molecule has 0 N–H and O–H groups in total. The van der Waals surface area contributed by atoms with Crippen LogP contribution in [0.4, 0.5) is 17.6 Å². The largest absolute Gasteiger partial charge is 0.279 e. The second-order valence-electron chi connectivity index (χ2n) is 4.87. The Bertz CT molecular complexity index is 401. The van der Waals surface area contributed by atoms with E-state index < -0.39 is 43.2 Å². The summed E-state index contributed by atoms with van der Waals surface area (Å²) < 4.78 is 56.7. The van der Waals surface area contributed by atoms with Gasteiger partial charge in [0.05, 0.1) is 0 Å². The molecular formula is C12H14F4N2O2. The third-order valence-corrected chi connectivity index (χ3v) is 3.79. The van der Waals surface area contributed by atoms with E-state index in [9.17, 15) is 27.2 Å². The molecule has 0 saturated heterocycles. The van der Waals surface area contributed by atoms with Gasteiger partial charge in [-0.2, -0.15) is 9.98 Å². The van der Waals surface area contributed by atoms with Crippen LogP contribution < -0.4 is 0 Å². The fourth-order valence-corrected chi connectivity index (χ4v) is 2.72. The van der Waals surface area contributed by atoms with Gasteiger partial charge in [0.2, 0.25) is 12.2 Å². The summed E-state index contributed by atoms with van der Waals surface area (Å²) in [7, 11) is 0. The Kier molecular flexibility index (Phi) is 5.20. The van der Waals surface area contributed by atoms with Crippen molar-refractivity contribution in [3.63, 3.8) is 0 Å². The zero-order valence-electron chi connectivity index (χ0n) is 10.7. The molecule has 1 fully saturated rings. The van der Waals surface area contributed by atoms with Gasteiger partial charge in [0.25, 0.3) is 11.8 Å². The van der Waals surface area contributed by atoms with Crippen molar-refractivity contribution in [1.82, 2.24) is 0 Å². The molecule has 0 spiro atoms. The lowest BCUT2D eigenvalue weighted by Crippen LogP contribution is -2.57. The highest BCUT2D eigenvalue weighted by Crippen LogP contribution is 2.57. The molecule has 20 heavy (non-hydrogen) atoms. The number of rotatable bonds is 6. The molecular weight excluding hydrogens is 280 g/mol. The molecule has 0 radical (unpaired) electrons. The predicted octanol–water partition coefficient (Wildman–Crippen LogP) is 2.88. The maximum atomic E-state index is 14.2. The summed E-state index contributed by atoms with van der Waals surface area (Å²) in [5.74, 6) is -7.74. The fourth-order valence-electron chi connectivity index (χ4n) is 2.72. The van der Waals surface area contributed by atoms with Crippen molar-refractivity contribution in [3.8, 4) is 0 Å². The Hall–Kier alpha value is -1.52. The van der Waals surface area contributed by atoms with E-state index >= 15 is 0 Å². The lowest BCUT2D eigenvalue weighted by Gasteiger charge is -2.46. The minimum Gasteiger partial charge on any atom is -0.211 e. The smallest absolute Gasteiger partial charge is 0.211 e. The maximum absolute atomic E-state index is 14.2. The van der Waals surface area contributed by atoms with Crippen LogP contribution in [0.5, 0.6) is 0 Å². The highest BCUT2D eigenvalue weighted by molar-refractivity contribution is 5.34. The summed E-state index contributed by atoms with van der Waals surface area (Å²) in [5.41, 5.74) is -2.64. The van der Waals surface area contributed by atoms with Crippen molar-refractivity contribution < 1.29 is 27.2 Å². The van der Waals surface area contributed by atoms with Crippen molar-refractivity contribution >= 4 is 12.2 Å². The van der Waals surface area contributed by atoms with Crippen molar-refractivity contribution in [2.45, 2.75) is 43.9 Å². The van der Waals surface area contributed by atoms with Crippen LogP contribution in [0.1, 0.15) is 32.1 Å². The average Bonchev–Trinajstić information content (AvgIpc) is 2.43. The topological polar surface area (TPSA) is 58.9 Å². The van der Waals surface area contributed by atoms with Crippen LogP contribution in [0.3, 0.4) is 0 Å². The summed E-state index contributed by atoms with van der Waals surface area (Å²) in [6.07, 6.45) is 2.10. The summed E-state index contributed by atoms with van der Waals surface area (Å²) >= 11 is 0. The number of alkyl halides is 4. The van der Waals surface area contributed by atoms with Crippen LogP contribution in [0.25, 0.3) is 0 Å². The number of carbonyl (C=O) groups excluding carboxylic acids is 2. The Morgan fingerprint density at radius 2 is 1.25 bits per heavy atom. The Morgan fingerprint density at radius 1 is 0.850 bits per heavy atom. The third-order valence-electron chi connectivity index (χ3n) is 3.79. The molecule has 0 aromatic rings. The third kappa shape index (κ3) is 2.97. The molecule has 0 bridgehead atoms.